The van der Waals surface area contributed by atoms with Gasteiger partial charge in [0.1, 0.15) is 5.75 Å². The maximum Gasteiger partial charge on any atom is 0.159 e. The lowest BCUT2D eigenvalue weighted by atomic mass is 9.91. The smallest absolute Gasteiger partial charge is 0.159 e. The first-order chi connectivity index (χ1) is 63.1. The third kappa shape index (κ3) is 20.1. The van der Waals surface area contributed by atoms with Gasteiger partial charge in [0.25, 0.3) is 0 Å². The fraction of sp³-hybridized carbons (Fsp3) is 0.198. The summed E-state index contributed by atoms with van der Waals surface area (Å²) in [6.07, 6.45) is 36.6. The third-order valence-electron chi connectivity index (χ3n) is 24.2. The third-order valence-corrected chi connectivity index (χ3v) is 24.2. The molecule has 0 unspecified atom stereocenters. The molecular weight excluding hydrogens is 1590 g/mol. The van der Waals surface area contributed by atoms with Crippen molar-refractivity contribution < 1.29 is 4.74 Å². The minimum absolute atomic E-state index is 0.633. The average Bonchev–Trinajstić information content (AvgIpc) is 1.66. The molecule has 9 aromatic carbocycles. The molecule has 0 bridgehead atoms. The van der Waals surface area contributed by atoms with Crippen LogP contribution in [0.1, 0.15) is 97.7 Å². The summed E-state index contributed by atoms with van der Waals surface area (Å²) >= 11 is 0. The normalized spacial score (nSPS) is 12.0. The van der Waals surface area contributed by atoms with Crippen molar-refractivity contribution in [2.45, 2.75) is 106 Å². The van der Waals surface area contributed by atoms with E-state index in [0.29, 0.717) is 5.56 Å². The number of methoxy groups -OCH3 is 1. The zero-order chi connectivity index (χ0) is 88.7. The topological polar surface area (TPSA) is 186 Å². The van der Waals surface area contributed by atoms with E-state index in [2.05, 4.69) is 297 Å². The molecule has 0 radical (unpaired) electrons. The van der Waals surface area contributed by atoms with Crippen molar-refractivity contribution in [3.05, 3.63) is 402 Å². The first-order valence-corrected chi connectivity index (χ1v) is 44.4. The highest BCUT2D eigenvalue weighted by atomic mass is 16.5. The summed E-state index contributed by atoms with van der Waals surface area (Å²) in [6.45, 7) is 15.0. The minimum Gasteiger partial charge on any atom is -0.497 e. The number of rotatable bonds is 22. The summed E-state index contributed by atoms with van der Waals surface area (Å²) in [6, 6.07) is 84.3. The van der Waals surface area contributed by atoms with E-state index in [1.54, 1.807) is 13.2 Å². The Bertz CT molecular complexity index is 7170. The fourth-order valence-electron chi connectivity index (χ4n) is 17.5. The SMILES string of the molecule is COc1cccc(-c2cnc3c(CCc4cnc(-c5cccc(C)c5)c(C)c4)nccn23)c1.Cc1cccc(-c2ccc(CCc3nccn4c(-c5ccccc5)cnc34)cc2N(C)C)c1.Cc1cccc(-c2ncc(CCc3nccn4c(-c5cccc(C#N)c5)cnc34)cc2C)c1.Cc1cccc(N2CCC(CCc3nccn4c(-c5ccccc5)cnc34)CC2)c1. The van der Waals surface area contributed by atoms with Crippen molar-refractivity contribution in [3.63, 3.8) is 0 Å². The molecule has 10 aromatic heterocycles. The van der Waals surface area contributed by atoms with Crippen molar-refractivity contribution in [2.75, 3.05) is 44.1 Å². The van der Waals surface area contributed by atoms with E-state index in [0.717, 1.165) is 177 Å². The Morgan fingerprint density at radius 3 is 1.21 bits per heavy atom. The Kier molecular flexibility index (Phi) is 26.5. The van der Waals surface area contributed by atoms with Crippen LogP contribution in [0.25, 0.3) is 101 Å². The van der Waals surface area contributed by atoms with Gasteiger partial charge in [-0.05, 0) is 205 Å². The number of anilines is 2. The van der Waals surface area contributed by atoms with E-state index in [-0.39, 0.29) is 0 Å². The van der Waals surface area contributed by atoms with E-state index in [4.69, 9.17) is 24.7 Å². The summed E-state index contributed by atoms with van der Waals surface area (Å²) < 4.78 is 13.8. The number of aryl methyl sites for hydroxylation is 13. The monoisotopic (exact) mass is 1690 g/mol. The van der Waals surface area contributed by atoms with Gasteiger partial charge < -0.3 is 14.5 Å². The number of benzene rings is 9. The second-order valence-electron chi connectivity index (χ2n) is 33.7. The molecule has 1 saturated heterocycles. The molecule has 20 rings (SSSR count). The molecule has 0 saturated carbocycles. The van der Waals surface area contributed by atoms with Gasteiger partial charge in [0.2, 0.25) is 0 Å². The van der Waals surface area contributed by atoms with E-state index >= 15 is 0 Å². The molecule has 0 atom stereocenters. The number of fused-ring (bicyclic) bond motifs is 4. The van der Waals surface area contributed by atoms with Gasteiger partial charge >= 0.3 is 0 Å². The fourth-order valence-corrected chi connectivity index (χ4v) is 17.5. The molecule has 129 heavy (non-hydrogen) atoms. The molecule has 0 amide bonds. The standard InChI is InChI=1S/C29H28N4.C28H23N5.C28H26N4O.C26H28N4/c1-21-8-7-11-24(18-21)25-14-12-22(19-27(25)32(2)3)13-15-26-29-31-20-28(33(29)17-16-30-26)23-9-5-4-6-10-23;1-19-5-3-8-24(13-19)27-20(2)14-22(17-31-27)9-10-25-28-32-18-26(33(28)12-11-30-25)23-7-4-6-21(15-23)16-29;1-19-6-4-8-23(14-19)27-20(2)15-21(17-30-27)10-11-25-28-31-18-26(32(28)13-12-29-25)22-7-5-9-24(16-22)33-3;1-20-6-5-9-23(18-20)29-15-12-21(13-16-29)10-11-24-26-28-19-25(30(26)17-14-27-24)22-7-3-2-4-8-22/h4-12,14,16-20H,13,15H2,1-3H3;3-8,11-15,17-18H,9-10H2,1-2H3;4-9,12-18H,10-11H2,1-3H3;2-9,14,17-19,21H,10-13,15-16H2,1H3. The molecule has 18 nitrogen and oxygen atoms in total. The molecule has 0 N–H and O–H groups in total. The zero-order valence-electron chi connectivity index (χ0n) is 74.7. The summed E-state index contributed by atoms with van der Waals surface area (Å²) in [5, 5.41) is 9.22. The van der Waals surface area contributed by atoms with E-state index in [1.165, 1.54) is 97.4 Å². The highest BCUT2D eigenvalue weighted by molar-refractivity contribution is 5.80. The van der Waals surface area contributed by atoms with Gasteiger partial charge in [-0.1, -0.05) is 199 Å². The molecule has 1 aliphatic heterocycles. The van der Waals surface area contributed by atoms with Gasteiger partial charge in [0.05, 0.1) is 100 Å². The Labute approximate surface area is 754 Å². The van der Waals surface area contributed by atoms with Gasteiger partial charge in [0.15, 0.2) is 22.6 Å². The van der Waals surface area contributed by atoms with Crippen LogP contribution in [0.2, 0.25) is 0 Å². The maximum absolute atomic E-state index is 9.22. The first kappa shape index (κ1) is 85.8. The van der Waals surface area contributed by atoms with Crippen molar-refractivity contribution in [1.82, 2.24) is 67.4 Å². The lowest BCUT2D eigenvalue weighted by molar-refractivity contribution is 0.381. The molecule has 19 aromatic rings. The number of piperidine rings is 1. The summed E-state index contributed by atoms with van der Waals surface area (Å²) in [7, 11) is 5.90. The molecule has 1 fully saturated rings. The van der Waals surface area contributed by atoms with Crippen molar-refractivity contribution in [1.29, 1.82) is 5.26 Å². The quantitative estimate of drug-likeness (QED) is 0.0624. The average molecular weight is 1690 g/mol. The van der Waals surface area contributed by atoms with Crippen LogP contribution >= 0.6 is 0 Å². The molecule has 1 aliphatic rings. The van der Waals surface area contributed by atoms with Crippen LogP contribution in [0.15, 0.2) is 323 Å². The molecule has 18 heteroatoms. The predicted molar refractivity (Wildman–Crippen MR) is 521 cm³/mol. The second-order valence-corrected chi connectivity index (χ2v) is 33.7. The number of imidazole rings is 4. The summed E-state index contributed by atoms with van der Waals surface area (Å²) in [5.74, 6) is 1.59. The van der Waals surface area contributed by atoms with Crippen molar-refractivity contribution in [3.8, 4) is 90.5 Å². The van der Waals surface area contributed by atoms with Crippen molar-refractivity contribution in [2.24, 2.45) is 5.92 Å². The summed E-state index contributed by atoms with van der Waals surface area (Å²) in [4.78, 5) is 51.6. The van der Waals surface area contributed by atoms with Crippen LogP contribution in [0.5, 0.6) is 5.75 Å². The molecule has 0 spiro atoms. The van der Waals surface area contributed by atoms with Crippen LogP contribution in [0.4, 0.5) is 11.4 Å². The van der Waals surface area contributed by atoms with E-state index in [9.17, 15) is 5.26 Å². The number of aromatic nitrogens is 14. The highest BCUT2D eigenvalue weighted by Crippen LogP contribution is 2.36. The lowest BCUT2D eigenvalue weighted by Gasteiger charge is -2.33. The van der Waals surface area contributed by atoms with Crippen LogP contribution in [-0.2, 0) is 44.9 Å². The van der Waals surface area contributed by atoms with Gasteiger partial charge in [-0.2, -0.15) is 5.26 Å². The first-order valence-electron chi connectivity index (χ1n) is 44.4. The van der Waals surface area contributed by atoms with Crippen LogP contribution in [0, 0.1) is 58.8 Å². The Balaban J connectivity index is 0.000000121. The number of hydrogen-bond donors (Lipinski definition) is 0. The lowest BCUT2D eigenvalue weighted by Crippen LogP contribution is -2.33. The number of nitrogens with zero attached hydrogens (tertiary/aromatic N) is 17. The highest BCUT2D eigenvalue weighted by Gasteiger charge is 2.23. The molecule has 640 valence electrons. The number of pyridine rings is 2. The molecule has 11 heterocycles. The van der Waals surface area contributed by atoms with Gasteiger partial charge in [-0.3, -0.25) is 47.5 Å². The van der Waals surface area contributed by atoms with Gasteiger partial charge in [0, 0.05) is 139 Å². The second kappa shape index (κ2) is 39.9. The van der Waals surface area contributed by atoms with Gasteiger partial charge in [-0.15, -0.1) is 0 Å². The Morgan fingerprint density at radius 2 is 0.760 bits per heavy atom. The zero-order valence-corrected chi connectivity index (χ0v) is 74.7. The van der Waals surface area contributed by atoms with E-state index in [1.807, 2.05) is 140 Å². The Hall–Kier alpha value is -15.4. The predicted octanol–water partition coefficient (Wildman–Crippen LogP) is 23.4. The number of ether oxygens (including phenoxy) is 1. The van der Waals surface area contributed by atoms with Crippen molar-refractivity contribution >= 4 is 34.0 Å². The molecular formula is C111H105N17O. The minimum atomic E-state index is 0.633. The van der Waals surface area contributed by atoms with Gasteiger partial charge in [-0.25, -0.2) is 19.9 Å². The Morgan fingerprint density at radius 1 is 0.357 bits per heavy atom. The summed E-state index contributed by atoms with van der Waals surface area (Å²) in [5.41, 5.74) is 37.5. The van der Waals surface area contributed by atoms with E-state index < -0.39 is 0 Å². The van der Waals surface area contributed by atoms with Crippen LogP contribution in [0.3, 0.4) is 0 Å². The van der Waals surface area contributed by atoms with Crippen LogP contribution < -0.4 is 14.5 Å². The molecule has 0 aliphatic carbocycles. The van der Waals surface area contributed by atoms with Crippen LogP contribution in [-0.4, -0.2) is 102 Å². The maximum atomic E-state index is 9.22. The number of hydrogen-bond acceptors (Lipinski definition) is 14. The largest absolute Gasteiger partial charge is 0.497 e. The number of nitriles is 1.